The number of nitrogens with zero attached hydrogens (tertiary/aromatic N) is 2. The van der Waals surface area contributed by atoms with Crippen molar-refractivity contribution in [2.45, 2.75) is 82.7 Å². The summed E-state index contributed by atoms with van der Waals surface area (Å²) in [6, 6.07) is 22.5. The van der Waals surface area contributed by atoms with Crippen molar-refractivity contribution >= 4 is 27.5 Å². The van der Waals surface area contributed by atoms with Crippen LogP contribution >= 0.6 is 0 Å². The van der Waals surface area contributed by atoms with Crippen molar-refractivity contribution in [3.05, 3.63) is 90.0 Å². The van der Waals surface area contributed by atoms with E-state index in [0.29, 0.717) is 25.2 Å². The van der Waals surface area contributed by atoms with Gasteiger partial charge in [-0.1, -0.05) is 86.3 Å². The number of benzene rings is 3. The van der Waals surface area contributed by atoms with Crippen LogP contribution < -0.4 is 14.4 Å². The molecule has 44 heavy (non-hydrogen) atoms. The Bertz CT molecular complexity index is 1470. The largest absolute Gasteiger partial charge is 0.492 e. The Kier molecular flexibility index (Phi) is 11.8. The molecule has 1 aliphatic carbocycles. The minimum absolute atomic E-state index is 0.0696. The number of amides is 2. The molecular weight excluding hydrogens is 574 g/mol. The van der Waals surface area contributed by atoms with E-state index in [-0.39, 0.29) is 29.1 Å². The van der Waals surface area contributed by atoms with E-state index in [9.17, 15) is 18.0 Å². The van der Waals surface area contributed by atoms with Gasteiger partial charge in [-0.05, 0) is 69.4 Å². The second-order valence-corrected chi connectivity index (χ2v) is 13.2. The molecule has 0 saturated heterocycles. The van der Waals surface area contributed by atoms with Crippen LogP contribution in [0.25, 0.3) is 0 Å². The zero-order valence-corrected chi connectivity index (χ0v) is 26.9. The Balaban J connectivity index is 1.70. The number of carbonyl (C=O) groups excluding carboxylic acids is 2. The first kappa shape index (κ1) is 33.1. The highest BCUT2D eigenvalue weighted by Gasteiger charge is 2.35. The molecule has 0 radical (unpaired) electrons. The number of carbonyl (C=O) groups is 2. The van der Waals surface area contributed by atoms with Crippen LogP contribution in [0.4, 0.5) is 5.69 Å². The van der Waals surface area contributed by atoms with Crippen molar-refractivity contribution in [3.8, 4) is 5.75 Å². The summed E-state index contributed by atoms with van der Waals surface area (Å²) in [6.45, 7) is 5.71. The fourth-order valence-electron chi connectivity index (χ4n) is 5.73. The lowest BCUT2D eigenvalue weighted by Gasteiger charge is -2.34. The van der Waals surface area contributed by atoms with E-state index in [0.717, 1.165) is 41.1 Å². The topological polar surface area (TPSA) is 96.0 Å². The summed E-state index contributed by atoms with van der Waals surface area (Å²) in [5, 5.41) is 3.19. The van der Waals surface area contributed by atoms with Gasteiger partial charge in [0, 0.05) is 12.6 Å². The van der Waals surface area contributed by atoms with Crippen LogP contribution in [0.2, 0.25) is 0 Å². The smallest absolute Gasteiger partial charge is 0.264 e. The number of nitrogens with one attached hydrogen (secondary N) is 1. The third-order valence-electron chi connectivity index (χ3n) is 8.14. The van der Waals surface area contributed by atoms with Crippen molar-refractivity contribution in [2.24, 2.45) is 0 Å². The van der Waals surface area contributed by atoms with Crippen molar-refractivity contribution in [1.82, 2.24) is 10.2 Å². The number of ether oxygens (including phenoxy) is 1. The molecule has 0 heterocycles. The predicted octanol–water partition coefficient (Wildman–Crippen LogP) is 5.89. The number of aryl methyl sites for hydroxylation is 1. The van der Waals surface area contributed by atoms with Crippen molar-refractivity contribution in [2.75, 3.05) is 24.0 Å². The second-order valence-electron chi connectivity index (χ2n) is 11.3. The van der Waals surface area contributed by atoms with Crippen LogP contribution in [0.1, 0.15) is 63.5 Å². The van der Waals surface area contributed by atoms with Gasteiger partial charge in [-0.2, -0.15) is 0 Å². The first-order valence-electron chi connectivity index (χ1n) is 15.7. The molecule has 0 aliphatic heterocycles. The first-order chi connectivity index (χ1) is 21.2. The van der Waals surface area contributed by atoms with Gasteiger partial charge in [0.1, 0.15) is 18.3 Å². The SMILES string of the molecule is CCOc1ccccc1N(CC(=O)N(CCc1ccccc1)[C@H](CC)C(=O)NC1CCCCC1)S(=O)(=O)c1ccc(C)cc1. The number of hydrogen-bond acceptors (Lipinski definition) is 5. The molecular formula is C35H45N3O5S. The molecule has 1 atom stereocenters. The van der Waals surface area contributed by atoms with Gasteiger partial charge in [0.25, 0.3) is 10.0 Å². The van der Waals surface area contributed by atoms with Gasteiger partial charge in [-0.15, -0.1) is 0 Å². The molecule has 1 N–H and O–H groups in total. The van der Waals surface area contributed by atoms with Gasteiger partial charge in [0.05, 0.1) is 17.2 Å². The summed E-state index contributed by atoms with van der Waals surface area (Å²) in [4.78, 5) is 29.7. The van der Waals surface area contributed by atoms with E-state index in [1.807, 2.05) is 51.1 Å². The summed E-state index contributed by atoms with van der Waals surface area (Å²) in [7, 11) is -4.18. The minimum atomic E-state index is -4.18. The average Bonchev–Trinajstić information content (AvgIpc) is 3.03. The van der Waals surface area contributed by atoms with Gasteiger partial charge < -0.3 is 15.0 Å². The highest BCUT2D eigenvalue weighted by Crippen LogP contribution is 2.33. The molecule has 236 valence electrons. The lowest BCUT2D eigenvalue weighted by molar-refractivity contribution is -0.140. The summed E-state index contributed by atoms with van der Waals surface area (Å²) >= 11 is 0. The second kappa shape index (κ2) is 15.7. The summed E-state index contributed by atoms with van der Waals surface area (Å²) in [6.07, 6.45) is 6.10. The highest BCUT2D eigenvalue weighted by molar-refractivity contribution is 7.92. The third-order valence-corrected chi connectivity index (χ3v) is 9.92. The van der Waals surface area contributed by atoms with Gasteiger partial charge in [0.2, 0.25) is 11.8 Å². The van der Waals surface area contributed by atoms with E-state index >= 15 is 0 Å². The van der Waals surface area contributed by atoms with Crippen LogP contribution in [0, 0.1) is 6.92 Å². The molecule has 1 aliphatic rings. The Morgan fingerprint density at radius 2 is 1.57 bits per heavy atom. The van der Waals surface area contributed by atoms with Crippen LogP contribution in [0.15, 0.2) is 83.8 Å². The molecule has 0 spiro atoms. The number of hydrogen-bond donors (Lipinski definition) is 1. The van der Waals surface area contributed by atoms with E-state index < -0.39 is 28.5 Å². The molecule has 1 saturated carbocycles. The standard InChI is InChI=1S/C35H45N3O5S/c1-4-31(35(40)36-29-16-10-7-11-17-29)37(25-24-28-14-8-6-9-15-28)34(39)26-38(32-18-12-13-19-33(32)43-5-2)44(41,42)30-22-20-27(3)21-23-30/h6,8-9,12-15,18-23,29,31H,4-5,7,10-11,16-17,24-26H2,1-3H3,(H,36,40)/t31-/m1/s1. The quantitative estimate of drug-likeness (QED) is 0.243. The van der Waals surface area contributed by atoms with Crippen molar-refractivity contribution in [3.63, 3.8) is 0 Å². The van der Waals surface area contributed by atoms with Gasteiger partial charge >= 0.3 is 0 Å². The number of anilines is 1. The lowest BCUT2D eigenvalue weighted by Crippen LogP contribution is -2.54. The molecule has 0 bridgehead atoms. The molecule has 3 aromatic rings. The fraction of sp³-hybridized carbons (Fsp3) is 0.429. The highest BCUT2D eigenvalue weighted by atomic mass is 32.2. The third kappa shape index (κ3) is 8.40. The van der Waals surface area contributed by atoms with Gasteiger partial charge in [-0.25, -0.2) is 8.42 Å². The Morgan fingerprint density at radius 3 is 2.23 bits per heavy atom. The van der Waals surface area contributed by atoms with E-state index in [1.165, 1.54) is 6.42 Å². The number of sulfonamides is 1. The molecule has 9 heteroatoms. The van der Waals surface area contributed by atoms with Crippen LogP contribution in [0.3, 0.4) is 0 Å². The maximum absolute atomic E-state index is 14.3. The minimum Gasteiger partial charge on any atom is -0.492 e. The fourth-order valence-corrected chi connectivity index (χ4v) is 7.16. The molecule has 2 amide bonds. The maximum atomic E-state index is 14.3. The zero-order chi connectivity index (χ0) is 31.5. The average molecular weight is 620 g/mol. The Hall–Kier alpha value is -3.85. The van der Waals surface area contributed by atoms with Crippen molar-refractivity contribution < 1.29 is 22.7 Å². The maximum Gasteiger partial charge on any atom is 0.264 e. The van der Waals surface area contributed by atoms with Gasteiger partial charge in [0.15, 0.2) is 0 Å². The molecule has 4 rings (SSSR count). The molecule has 0 aromatic heterocycles. The Morgan fingerprint density at radius 1 is 0.909 bits per heavy atom. The number of rotatable bonds is 14. The normalized spacial score (nSPS) is 14.4. The first-order valence-corrected chi connectivity index (χ1v) is 17.1. The molecule has 8 nitrogen and oxygen atoms in total. The number of para-hydroxylation sites is 2. The summed E-state index contributed by atoms with van der Waals surface area (Å²) in [5.74, 6) is -0.284. The molecule has 1 fully saturated rings. The zero-order valence-electron chi connectivity index (χ0n) is 26.1. The van der Waals surface area contributed by atoms with Crippen molar-refractivity contribution in [1.29, 1.82) is 0 Å². The summed E-state index contributed by atoms with van der Waals surface area (Å²) in [5.41, 5.74) is 2.22. The van der Waals surface area contributed by atoms with E-state index in [2.05, 4.69) is 5.32 Å². The van der Waals surface area contributed by atoms with E-state index in [1.54, 1.807) is 53.4 Å². The van der Waals surface area contributed by atoms with Crippen LogP contribution in [-0.4, -0.2) is 56.9 Å². The lowest BCUT2D eigenvalue weighted by atomic mass is 9.95. The van der Waals surface area contributed by atoms with Crippen LogP contribution in [0.5, 0.6) is 5.75 Å². The van der Waals surface area contributed by atoms with E-state index in [4.69, 9.17) is 4.74 Å². The summed E-state index contributed by atoms with van der Waals surface area (Å²) < 4.78 is 35.3. The Labute approximate surface area is 262 Å². The molecule has 3 aromatic carbocycles. The monoisotopic (exact) mass is 619 g/mol. The molecule has 0 unspecified atom stereocenters. The van der Waals surface area contributed by atoms with Crippen LogP contribution in [-0.2, 0) is 26.0 Å². The predicted molar refractivity (Wildman–Crippen MR) is 174 cm³/mol. The van der Waals surface area contributed by atoms with Gasteiger partial charge in [-0.3, -0.25) is 13.9 Å².